The van der Waals surface area contributed by atoms with Crippen LogP contribution in [0.1, 0.15) is 27.0 Å². The molecule has 0 aliphatic carbocycles. The van der Waals surface area contributed by atoms with Gasteiger partial charge in [-0.1, -0.05) is 24.3 Å². The smallest absolute Gasteiger partial charge is 0.254 e. The number of nitrogens with zero attached hydrogens (tertiary/aromatic N) is 1. The van der Waals surface area contributed by atoms with Crippen molar-refractivity contribution >= 4 is 17.5 Å². The number of anilines is 1. The number of amides is 2. The molecule has 1 N–H and O–H groups in total. The van der Waals surface area contributed by atoms with Gasteiger partial charge in [0.25, 0.3) is 5.91 Å². The first-order valence-electron chi connectivity index (χ1n) is 8.11. The minimum atomic E-state index is -0.222. The summed E-state index contributed by atoms with van der Waals surface area (Å²) in [5.41, 5.74) is 4.45. The number of ether oxygens (including phenoxy) is 1. The third-order valence-corrected chi connectivity index (χ3v) is 4.12. The summed E-state index contributed by atoms with van der Waals surface area (Å²) in [5, 5.41) is 2.86. The Morgan fingerprint density at radius 2 is 1.76 bits per heavy atom. The lowest BCUT2D eigenvalue weighted by molar-refractivity contribution is -0.116. The van der Waals surface area contributed by atoms with E-state index in [1.807, 2.05) is 44.2 Å². The lowest BCUT2D eigenvalue weighted by Crippen LogP contribution is -2.35. The van der Waals surface area contributed by atoms with Crippen molar-refractivity contribution in [3.05, 3.63) is 64.7 Å². The van der Waals surface area contributed by atoms with Gasteiger partial charge in [0.2, 0.25) is 5.91 Å². The Bertz CT molecular complexity index is 754. The number of methoxy groups -OCH3 is 1. The Morgan fingerprint density at radius 1 is 1.08 bits per heavy atom. The van der Waals surface area contributed by atoms with Crippen LogP contribution < -0.4 is 5.32 Å². The van der Waals surface area contributed by atoms with Gasteiger partial charge in [-0.15, -0.1) is 0 Å². The van der Waals surface area contributed by atoms with Crippen LogP contribution in [0.3, 0.4) is 0 Å². The topological polar surface area (TPSA) is 58.6 Å². The van der Waals surface area contributed by atoms with E-state index in [2.05, 4.69) is 5.32 Å². The van der Waals surface area contributed by atoms with Crippen LogP contribution in [0.25, 0.3) is 0 Å². The standard InChI is InChI=1S/C20H24N2O3/c1-14-6-5-7-18(15(14)2)21-19(23)12-22(3)20(24)17-10-8-16(9-11-17)13-25-4/h5-11H,12-13H2,1-4H3,(H,21,23). The van der Waals surface area contributed by atoms with Crippen LogP contribution in [-0.4, -0.2) is 37.4 Å². The van der Waals surface area contributed by atoms with E-state index in [-0.39, 0.29) is 18.4 Å². The summed E-state index contributed by atoms with van der Waals surface area (Å²) >= 11 is 0. The summed E-state index contributed by atoms with van der Waals surface area (Å²) in [7, 11) is 3.25. The lowest BCUT2D eigenvalue weighted by atomic mass is 10.1. The molecule has 5 nitrogen and oxygen atoms in total. The second kappa shape index (κ2) is 8.44. The molecule has 0 unspecified atom stereocenters. The summed E-state index contributed by atoms with van der Waals surface area (Å²) in [6.45, 7) is 4.45. The minimum absolute atomic E-state index is 0.00790. The minimum Gasteiger partial charge on any atom is -0.380 e. The Morgan fingerprint density at radius 3 is 2.40 bits per heavy atom. The molecule has 0 radical (unpaired) electrons. The van der Waals surface area contributed by atoms with Crippen molar-refractivity contribution in [3.8, 4) is 0 Å². The van der Waals surface area contributed by atoms with Gasteiger partial charge in [0, 0.05) is 25.4 Å². The Balaban J connectivity index is 1.98. The molecular weight excluding hydrogens is 316 g/mol. The van der Waals surface area contributed by atoms with Gasteiger partial charge >= 0.3 is 0 Å². The maximum Gasteiger partial charge on any atom is 0.254 e. The fraction of sp³-hybridized carbons (Fsp3) is 0.300. The second-order valence-electron chi connectivity index (χ2n) is 6.09. The molecule has 0 saturated carbocycles. The number of rotatable bonds is 6. The van der Waals surface area contributed by atoms with E-state index >= 15 is 0 Å². The highest BCUT2D eigenvalue weighted by atomic mass is 16.5. The number of hydrogen-bond donors (Lipinski definition) is 1. The predicted molar refractivity (Wildman–Crippen MR) is 98.7 cm³/mol. The first kappa shape index (κ1) is 18.7. The Kier molecular flexibility index (Phi) is 6.31. The number of hydrogen-bond acceptors (Lipinski definition) is 3. The molecule has 2 aromatic rings. The second-order valence-corrected chi connectivity index (χ2v) is 6.09. The molecule has 0 fully saturated rings. The zero-order valence-electron chi connectivity index (χ0n) is 15.1. The predicted octanol–water partition coefficient (Wildman–Crippen LogP) is 3.16. The first-order chi connectivity index (χ1) is 11.9. The van der Waals surface area contributed by atoms with E-state index in [4.69, 9.17) is 4.74 Å². The molecule has 0 bridgehead atoms. The van der Waals surface area contributed by atoms with Gasteiger partial charge in [0.15, 0.2) is 0 Å². The molecule has 0 aliphatic rings. The van der Waals surface area contributed by atoms with Crippen molar-refractivity contribution in [1.82, 2.24) is 4.90 Å². The highest BCUT2D eigenvalue weighted by Crippen LogP contribution is 2.18. The third-order valence-electron chi connectivity index (χ3n) is 4.12. The van der Waals surface area contributed by atoms with Crippen molar-refractivity contribution in [2.45, 2.75) is 20.5 Å². The fourth-order valence-electron chi connectivity index (χ4n) is 2.49. The molecule has 0 aromatic heterocycles. The third kappa shape index (κ3) is 4.90. The van der Waals surface area contributed by atoms with Gasteiger partial charge in [0.1, 0.15) is 0 Å². The van der Waals surface area contributed by atoms with Gasteiger partial charge in [0.05, 0.1) is 13.2 Å². The average Bonchev–Trinajstić information content (AvgIpc) is 2.59. The van der Waals surface area contributed by atoms with Gasteiger partial charge < -0.3 is 15.0 Å². The van der Waals surface area contributed by atoms with Crippen LogP contribution in [0, 0.1) is 13.8 Å². The van der Waals surface area contributed by atoms with Crippen molar-refractivity contribution in [2.24, 2.45) is 0 Å². The number of aryl methyl sites for hydroxylation is 1. The number of benzene rings is 2. The summed E-state index contributed by atoms with van der Waals surface area (Å²) in [6.07, 6.45) is 0. The van der Waals surface area contributed by atoms with Gasteiger partial charge in [-0.3, -0.25) is 9.59 Å². The number of carbonyl (C=O) groups excluding carboxylic acids is 2. The average molecular weight is 340 g/mol. The number of carbonyl (C=O) groups is 2. The van der Waals surface area contributed by atoms with Gasteiger partial charge in [-0.2, -0.15) is 0 Å². The van der Waals surface area contributed by atoms with E-state index in [1.165, 1.54) is 4.90 Å². The molecule has 0 atom stereocenters. The summed E-state index contributed by atoms with van der Waals surface area (Å²) in [6, 6.07) is 12.9. The van der Waals surface area contributed by atoms with E-state index < -0.39 is 0 Å². The van der Waals surface area contributed by atoms with Crippen LogP contribution >= 0.6 is 0 Å². The molecule has 2 rings (SSSR count). The Hall–Kier alpha value is -2.66. The van der Waals surface area contributed by atoms with E-state index in [1.54, 1.807) is 26.3 Å². The zero-order chi connectivity index (χ0) is 18.4. The normalized spacial score (nSPS) is 10.4. The van der Waals surface area contributed by atoms with Gasteiger partial charge in [-0.05, 0) is 48.7 Å². The van der Waals surface area contributed by atoms with Crippen LogP contribution in [0.15, 0.2) is 42.5 Å². The molecule has 0 spiro atoms. The first-order valence-corrected chi connectivity index (χ1v) is 8.11. The van der Waals surface area contributed by atoms with Crippen molar-refractivity contribution < 1.29 is 14.3 Å². The molecule has 2 aromatic carbocycles. The molecule has 0 saturated heterocycles. The summed E-state index contributed by atoms with van der Waals surface area (Å²) in [5.74, 6) is -0.416. The zero-order valence-corrected chi connectivity index (χ0v) is 15.1. The van der Waals surface area contributed by atoms with E-state index in [0.29, 0.717) is 12.2 Å². The van der Waals surface area contributed by atoms with Crippen molar-refractivity contribution in [1.29, 1.82) is 0 Å². The van der Waals surface area contributed by atoms with Crippen LogP contribution in [0.4, 0.5) is 5.69 Å². The highest BCUT2D eigenvalue weighted by Gasteiger charge is 2.15. The quantitative estimate of drug-likeness (QED) is 0.879. The van der Waals surface area contributed by atoms with E-state index in [0.717, 1.165) is 22.4 Å². The highest BCUT2D eigenvalue weighted by molar-refractivity contribution is 5.99. The lowest BCUT2D eigenvalue weighted by Gasteiger charge is -2.18. The molecule has 25 heavy (non-hydrogen) atoms. The van der Waals surface area contributed by atoms with Crippen LogP contribution in [-0.2, 0) is 16.1 Å². The van der Waals surface area contributed by atoms with Crippen molar-refractivity contribution in [2.75, 3.05) is 26.0 Å². The Labute approximate surface area is 148 Å². The molecule has 2 amide bonds. The molecule has 5 heteroatoms. The maximum absolute atomic E-state index is 12.4. The fourth-order valence-corrected chi connectivity index (χ4v) is 2.49. The largest absolute Gasteiger partial charge is 0.380 e. The molecule has 132 valence electrons. The summed E-state index contributed by atoms with van der Waals surface area (Å²) in [4.78, 5) is 26.1. The molecule has 0 heterocycles. The van der Waals surface area contributed by atoms with Crippen LogP contribution in [0.5, 0.6) is 0 Å². The number of nitrogens with one attached hydrogen (secondary N) is 1. The molecule has 0 aliphatic heterocycles. The monoisotopic (exact) mass is 340 g/mol. The van der Waals surface area contributed by atoms with E-state index in [9.17, 15) is 9.59 Å². The summed E-state index contributed by atoms with van der Waals surface area (Å²) < 4.78 is 5.05. The van der Waals surface area contributed by atoms with Crippen molar-refractivity contribution in [3.63, 3.8) is 0 Å². The maximum atomic E-state index is 12.4. The number of likely N-dealkylation sites (N-methyl/N-ethyl adjacent to an activating group) is 1. The van der Waals surface area contributed by atoms with Crippen LogP contribution in [0.2, 0.25) is 0 Å². The van der Waals surface area contributed by atoms with Gasteiger partial charge in [-0.25, -0.2) is 0 Å². The molecular formula is C20H24N2O3. The SMILES string of the molecule is COCc1ccc(C(=O)N(C)CC(=O)Nc2cccc(C)c2C)cc1.